The van der Waals surface area contributed by atoms with Gasteiger partial charge >= 0.3 is 0 Å². The van der Waals surface area contributed by atoms with Gasteiger partial charge in [-0.1, -0.05) is 13.3 Å². The lowest BCUT2D eigenvalue weighted by molar-refractivity contribution is 0.436. The van der Waals surface area contributed by atoms with Crippen molar-refractivity contribution in [3.05, 3.63) is 11.8 Å². The van der Waals surface area contributed by atoms with Gasteiger partial charge in [-0.3, -0.25) is 0 Å². The Balaban J connectivity index is 1.61. The summed E-state index contributed by atoms with van der Waals surface area (Å²) in [6.45, 7) is 3.23. The number of nitrogens with one attached hydrogen (secondary N) is 1. The highest BCUT2D eigenvalue weighted by Crippen LogP contribution is 2.18. The van der Waals surface area contributed by atoms with E-state index in [-0.39, 0.29) is 0 Å². The van der Waals surface area contributed by atoms with E-state index in [1.807, 2.05) is 0 Å². The second-order valence-corrected chi connectivity index (χ2v) is 4.53. The Morgan fingerprint density at radius 3 is 2.50 bits per heavy atom. The minimum absolute atomic E-state index is 0.794. The van der Waals surface area contributed by atoms with Crippen LogP contribution in [0, 0.1) is 0 Å². The fourth-order valence-corrected chi connectivity index (χ4v) is 1.65. The molecule has 0 aromatic carbocycles. The molecule has 1 aliphatic rings. The van der Waals surface area contributed by atoms with Crippen LogP contribution in [-0.4, -0.2) is 22.8 Å². The molecule has 0 saturated heterocycles. The maximum atomic E-state index is 5.56. The average molecular weight is 223 g/mol. The van der Waals surface area contributed by atoms with Gasteiger partial charge in [0.15, 0.2) is 0 Å². The Labute approximate surface area is 96.8 Å². The lowest BCUT2D eigenvalue weighted by atomic mass is 10.2. The molecule has 1 aromatic heterocycles. The van der Waals surface area contributed by atoms with Crippen LogP contribution >= 0.6 is 0 Å². The van der Waals surface area contributed by atoms with E-state index in [9.17, 15) is 0 Å². The number of hydrogen-bond acceptors (Lipinski definition) is 4. The summed E-state index contributed by atoms with van der Waals surface area (Å²) in [5.41, 5.74) is 0. The molecule has 0 radical (unpaired) electrons. The fourth-order valence-electron chi connectivity index (χ4n) is 1.65. The zero-order valence-corrected chi connectivity index (χ0v) is 10.0. The van der Waals surface area contributed by atoms with Crippen LogP contribution in [0.15, 0.2) is 4.42 Å². The topological polar surface area (TPSA) is 51.0 Å². The predicted octanol–water partition coefficient (Wildman–Crippen LogP) is 2.10. The lowest BCUT2D eigenvalue weighted by Crippen LogP contribution is -2.17. The van der Waals surface area contributed by atoms with Gasteiger partial charge in [-0.15, -0.1) is 10.2 Å². The smallest absolute Gasteiger partial charge is 0.216 e. The summed E-state index contributed by atoms with van der Waals surface area (Å²) in [4.78, 5) is 0. The van der Waals surface area contributed by atoms with Crippen molar-refractivity contribution in [2.24, 2.45) is 0 Å². The minimum Gasteiger partial charge on any atom is -0.425 e. The SMILES string of the molecule is CCCCc1nnc(CCCNC2CC2)o1. The molecule has 4 heteroatoms. The molecular formula is C12H21N3O. The van der Waals surface area contributed by atoms with Crippen LogP contribution in [0.4, 0.5) is 0 Å². The van der Waals surface area contributed by atoms with Crippen molar-refractivity contribution < 1.29 is 4.42 Å². The number of unbranched alkanes of at least 4 members (excludes halogenated alkanes) is 1. The summed E-state index contributed by atoms with van der Waals surface area (Å²) in [5, 5.41) is 11.6. The third-order valence-corrected chi connectivity index (χ3v) is 2.83. The largest absolute Gasteiger partial charge is 0.425 e. The average Bonchev–Trinajstić information content (AvgIpc) is 3.01. The number of nitrogens with zero attached hydrogens (tertiary/aromatic N) is 2. The first-order valence-electron chi connectivity index (χ1n) is 6.43. The van der Waals surface area contributed by atoms with Gasteiger partial charge in [-0.25, -0.2) is 0 Å². The van der Waals surface area contributed by atoms with E-state index < -0.39 is 0 Å². The third kappa shape index (κ3) is 3.93. The first-order valence-corrected chi connectivity index (χ1v) is 6.43. The van der Waals surface area contributed by atoms with Crippen LogP contribution in [0.3, 0.4) is 0 Å². The van der Waals surface area contributed by atoms with Crippen molar-refractivity contribution in [1.29, 1.82) is 0 Å². The molecule has 1 N–H and O–H groups in total. The lowest BCUT2D eigenvalue weighted by Gasteiger charge is -1.99. The molecule has 1 fully saturated rings. The van der Waals surface area contributed by atoms with Gasteiger partial charge in [0.1, 0.15) is 0 Å². The molecule has 0 bridgehead atoms. The summed E-state index contributed by atoms with van der Waals surface area (Å²) in [6, 6.07) is 0.794. The van der Waals surface area contributed by atoms with Crippen LogP contribution < -0.4 is 5.32 Å². The molecular weight excluding hydrogens is 202 g/mol. The number of aromatic nitrogens is 2. The summed E-state index contributed by atoms with van der Waals surface area (Å²) < 4.78 is 5.56. The molecule has 2 rings (SSSR count). The molecule has 0 aliphatic heterocycles. The Hall–Kier alpha value is -0.900. The van der Waals surface area contributed by atoms with Crippen LogP contribution in [0.1, 0.15) is 50.8 Å². The van der Waals surface area contributed by atoms with Crippen molar-refractivity contribution in [1.82, 2.24) is 15.5 Å². The molecule has 0 spiro atoms. The van der Waals surface area contributed by atoms with Gasteiger partial charge < -0.3 is 9.73 Å². The normalized spacial score (nSPS) is 15.6. The summed E-state index contributed by atoms with van der Waals surface area (Å²) >= 11 is 0. The first kappa shape index (κ1) is 11.6. The molecule has 1 aliphatic carbocycles. The fraction of sp³-hybridized carbons (Fsp3) is 0.833. The van der Waals surface area contributed by atoms with Crippen LogP contribution in [0.25, 0.3) is 0 Å². The highest BCUT2D eigenvalue weighted by molar-refractivity contribution is 4.84. The van der Waals surface area contributed by atoms with Crippen molar-refractivity contribution in [3.63, 3.8) is 0 Å². The van der Waals surface area contributed by atoms with Crippen LogP contribution in [0.2, 0.25) is 0 Å². The van der Waals surface area contributed by atoms with Crippen LogP contribution in [-0.2, 0) is 12.8 Å². The molecule has 0 amide bonds. The monoisotopic (exact) mass is 223 g/mol. The number of aryl methyl sites for hydroxylation is 2. The zero-order valence-electron chi connectivity index (χ0n) is 10.0. The van der Waals surface area contributed by atoms with E-state index in [0.29, 0.717) is 0 Å². The molecule has 1 heterocycles. The molecule has 0 unspecified atom stereocenters. The zero-order chi connectivity index (χ0) is 11.2. The summed E-state index contributed by atoms with van der Waals surface area (Å²) in [5.74, 6) is 1.59. The van der Waals surface area contributed by atoms with Gasteiger partial charge in [0.2, 0.25) is 11.8 Å². The van der Waals surface area contributed by atoms with Crippen molar-refractivity contribution in [2.75, 3.05) is 6.54 Å². The predicted molar refractivity (Wildman–Crippen MR) is 62.3 cm³/mol. The maximum absolute atomic E-state index is 5.56. The number of hydrogen-bond donors (Lipinski definition) is 1. The first-order chi connectivity index (χ1) is 7.88. The molecule has 90 valence electrons. The Bertz CT molecular complexity index is 307. The van der Waals surface area contributed by atoms with Gasteiger partial charge in [-0.2, -0.15) is 0 Å². The van der Waals surface area contributed by atoms with E-state index in [2.05, 4.69) is 22.4 Å². The molecule has 4 nitrogen and oxygen atoms in total. The van der Waals surface area contributed by atoms with E-state index >= 15 is 0 Å². The third-order valence-electron chi connectivity index (χ3n) is 2.83. The summed E-state index contributed by atoms with van der Waals surface area (Å²) in [6.07, 6.45) is 7.91. The van der Waals surface area contributed by atoms with E-state index in [4.69, 9.17) is 4.42 Å². The van der Waals surface area contributed by atoms with Gasteiger partial charge in [0.25, 0.3) is 0 Å². The van der Waals surface area contributed by atoms with Gasteiger partial charge in [-0.05, 0) is 32.2 Å². The Kier molecular flexibility index (Phi) is 4.34. The molecule has 1 aromatic rings. The summed E-state index contributed by atoms with van der Waals surface area (Å²) in [7, 11) is 0. The van der Waals surface area contributed by atoms with Gasteiger partial charge in [0, 0.05) is 18.9 Å². The second kappa shape index (κ2) is 5.99. The van der Waals surface area contributed by atoms with E-state index in [0.717, 1.165) is 50.1 Å². The number of rotatable bonds is 8. The minimum atomic E-state index is 0.794. The second-order valence-electron chi connectivity index (χ2n) is 4.53. The molecule has 16 heavy (non-hydrogen) atoms. The maximum Gasteiger partial charge on any atom is 0.216 e. The highest BCUT2D eigenvalue weighted by atomic mass is 16.4. The Morgan fingerprint density at radius 2 is 1.88 bits per heavy atom. The molecule has 0 atom stereocenters. The van der Waals surface area contributed by atoms with Crippen molar-refractivity contribution in [2.45, 2.75) is 57.9 Å². The van der Waals surface area contributed by atoms with Gasteiger partial charge in [0.05, 0.1) is 0 Å². The van der Waals surface area contributed by atoms with Crippen LogP contribution in [0.5, 0.6) is 0 Å². The quantitative estimate of drug-likeness (QED) is 0.686. The van der Waals surface area contributed by atoms with E-state index in [1.165, 1.54) is 19.3 Å². The van der Waals surface area contributed by atoms with Crippen molar-refractivity contribution >= 4 is 0 Å². The highest BCUT2D eigenvalue weighted by Gasteiger charge is 2.19. The Morgan fingerprint density at radius 1 is 1.19 bits per heavy atom. The standard InChI is InChI=1S/C12H21N3O/c1-2-3-5-11-14-15-12(16-11)6-4-9-13-10-7-8-10/h10,13H,2-9H2,1H3. The van der Waals surface area contributed by atoms with E-state index in [1.54, 1.807) is 0 Å². The molecule has 1 saturated carbocycles. The van der Waals surface area contributed by atoms with Crippen molar-refractivity contribution in [3.8, 4) is 0 Å².